The van der Waals surface area contributed by atoms with E-state index in [0.29, 0.717) is 30.3 Å². The van der Waals surface area contributed by atoms with Crippen molar-refractivity contribution in [3.8, 4) is 0 Å². The summed E-state index contributed by atoms with van der Waals surface area (Å²) in [5, 5.41) is 9.66. The van der Waals surface area contributed by atoms with Gasteiger partial charge in [-0.3, -0.25) is 9.59 Å². The lowest BCUT2D eigenvalue weighted by Crippen LogP contribution is -2.40. The van der Waals surface area contributed by atoms with Gasteiger partial charge in [0.05, 0.1) is 34.4 Å². The van der Waals surface area contributed by atoms with Gasteiger partial charge in [-0.2, -0.15) is 0 Å². The number of nitrogens with zero attached hydrogens (tertiary/aromatic N) is 1. The van der Waals surface area contributed by atoms with Gasteiger partial charge in [-0.1, -0.05) is 172 Å². The summed E-state index contributed by atoms with van der Waals surface area (Å²) in [5.74, 6) is -2.23. The first kappa shape index (κ1) is 61.9. The first-order chi connectivity index (χ1) is 32.6. The molecule has 1 N–H and O–H groups in total. The fourth-order valence-corrected chi connectivity index (χ4v) is 5.55. The number of hydrogen-bond acceptors (Lipinski definition) is 7. The largest absolute Gasteiger partial charge is 0.477 e. The first-order valence-electron chi connectivity index (χ1n) is 24.6. The van der Waals surface area contributed by atoms with Crippen LogP contribution in [-0.2, 0) is 33.3 Å². The monoisotopic (exact) mass is 927 g/mol. The van der Waals surface area contributed by atoms with E-state index in [1.54, 1.807) is 0 Å². The fraction of sp³-hybridized carbons (Fsp3) is 0.500. The van der Waals surface area contributed by atoms with Crippen LogP contribution in [0.1, 0.15) is 129 Å². The fourth-order valence-electron chi connectivity index (χ4n) is 5.55. The van der Waals surface area contributed by atoms with E-state index in [0.717, 1.165) is 83.5 Å². The zero-order chi connectivity index (χ0) is 49.2. The third kappa shape index (κ3) is 48.7. The molecule has 0 saturated carbocycles. The first-order valence-corrected chi connectivity index (χ1v) is 24.6. The van der Waals surface area contributed by atoms with E-state index in [-0.39, 0.29) is 32.7 Å². The highest BCUT2D eigenvalue weighted by molar-refractivity contribution is 5.71. The van der Waals surface area contributed by atoms with E-state index in [9.17, 15) is 19.5 Å². The number of hydrogen-bond donors (Lipinski definition) is 1. The second kappa shape index (κ2) is 47.4. The highest BCUT2D eigenvalue weighted by Crippen LogP contribution is 2.08. The molecule has 0 aliphatic rings. The molecule has 0 saturated heterocycles. The lowest BCUT2D eigenvalue weighted by Gasteiger charge is -2.25. The van der Waals surface area contributed by atoms with E-state index in [2.05, 4.69) is 154 Å². The van der Waals surface area contributed by atoms with Crippen molar-refractivity contribution in [2.45, 2.75) is 142 Å². The quantitative estimate of drug-likeness (QED) is 0.0212. The molecule has 0 aliphatic heterocycles. The molecule has 0 aliphatic carbocycles. The second-order valence-electron chi connectivity index (χ2n) is 16.7. The Morgan fingerprint density at radius 2 is 0.806 bits per heavy atom. The predicted molar refractivity (Wildman–Crippen MR) is 280 cm³/mol. The van der Waals surface area contributed by atoms with Crippen molar-refractivity contribution >= 4 is 17.9 Å². The number of aliphatic carboxylic acids is 1. The molecule has 0 aromatic heterocycles. The van der Waals surface area contributed by atoms with Gasteiger partial charge in [0.25, 0.3) is 6.29 Å². The van der Waals surface area contributed by atoms with Crippen LogP contribution in [-0.4, -0.2) is 87.4 Å². The third-order valence-corrected chi connectivity index (χ3v) is 9.29. The van der Waals surface area contributed by atoms with Crippen LogP contribution in [0.2, 0.25) is 0 Å². The summed E-state index contributed by atoms with van der Waals surface area (Å²) in [5.41, 5.74) is 0. The van der Waals surface area contributed by atoms with Gasteiger partial charge in [-0.05, 0) is 103 Å². The van der Waals surface area contributed by atoms with Crippen molar-refractivity contribution in [1.82, 2.24) is 0 Å². The van der Waals surface area contributed by atoms with Gasteiger partial charge in [0, 0.05) is 12.8 Å². The van der Waals surface area contributed by atoms with Crippen LogP contribution in [0.3, 0.4) is 0 Å². The van der Waals surface area contributed by atoms with Crippen LogP contribution in [0.25, 0.3) is 0 Å². The molecule has 2 unspecified atom stereocenters. The van der Waals surface area contributed by atoms with E-state index in [4.69, 9.17) is 18.9 Å². The molecular weight excluding hydrogens is 839 g/mol. The number of esters is 2. The minimum atomic E-state index is -1.55. The average Bonchev–Trinajstić information content (AvgIpc) is 3.29. The molecule has 0 fully saturated rings. The number of carboxylic acid groups (broad SMARTS) is 1. The van der Waals surface area contributed by atoms with Crippen molar-refractivity contribution in [3.05, 3.63) is 158 Å². The predicted octanol–water partition coefficient (Wildman–Crippen LogP) is 13.9. The van der Waals surface area contributed by atoms with E-state index in [1.165, 1.54) is 0 Å². The Bertz CT molecular complexity index is 1640. The Morgan fingerprint density at radius 3 is 1.16 bits per heavy atom. The van der Waals surface area contributed by atoms with Gasteiger partial charge in [0.1, 0.15) is 13.2 Å². The van der Waals surface area contributed by atoms with Crippen molar-refractivity contribution in [3.63, 3.8) is 0 Å². The Balaban J connectivity index is 4.64. The molecule has 0 bridgehead atoms. The lowest BCUT2D eigenvalue weighted by molar-refractivity contribution is -0.870. The molecule has 9 nitrogen and oxygen atoms in total. The molecule has 2 atom stereocenters. The van der Waals surface area contributed by atoms with Gasteiger partial charge < -0.3 is 28.5 Å². The molecule has 9 heteroatoms. The average molecular weight is 927 g/mol. The number of quaternary nitrogens is 1. The van der Waals surface area contributed by atoms with Crippen molar-refractivity contribution < 1.29 is 42.9 Å². The number of carbonyl (C=O) groups is 3. The van der Waals surface area contributed by atoms with Crippen LogP contribution >= 0.6 is 0 Å². The maximum atomic E-state index is 12.8. The molecule has 67 heavy (non-hydrogen) atoms. The minimum absolute atomic E-state index is 0.153. The minimum Gasteiger partial charge on any atom is -0.477 e. The van der Waals surface area contributed by atoms with Crippen LogP contribution in [0.4, 0.5) is 0 Å². The number of likely N-dealkylation sites (N-methyl/N-ethyl adjacent to an activating group) is 1. The van der Waals surface area contributed by atoms with Crippen molar-refractivity contribution in [2.24, 2.45) is 0 Å². The normalized spacial score (nSPS) is 14.2. The maximum absolute atomic E-state index is 12.8. The number of ether oxygens (including phenoxy) is 4. The summed E-state index contributed by atoms with van der Waals surface area (Å²) in [6.07, 6.45) is 67.6. The third-order valence-electron chi connectivity index (χ3n) is 9.29. The molecule has 0 spiro atoms. The van der Waals surface area contributed by atoms with Crippen molar-refractivity contribution in [2.75, 3.05) is 47.5 Å². The molecule has 0 rings (SSSR count). The molecule has 0 amide bonds. The molecule has 0 heterocycles. The zero-order valence-corrected chi connectivity index (χ0v) is 42.0. The van der Waals surface area contributed by atoms with Gasteiger partial charge in [-0.25, -0.2) is 4.79 Å². The van der Waals surface area contributed by atoms with E-state index < -0.39 is 30.3 Å². The van der Waals surface area contributed by atoms with Crippen LogP contribution in [0.15, 0.2) is 158 Å². The van der Waals surface area contributed by atoms with E-state index >= 15 is 0 Å². The summed E-state index contributed by atoms with van der Waals surface area (Å²) in [6, 6.07) is 0. The zero-order valence-electron chi connectivity index (χ0n) is 42.0. The van der Waals surface area contributed by atoms with Crippen LogP contribution < -0.4 is 0 Å². The Kier molecular flexibility index (Phi) is 43.8. The van der Waals surface area contributed by atoms with Gasteiger partial charge in [0.2, 0.25) is 0 Å². The summed E-state index contributed by atoms with van der Waals surface area (Å²) >= 11 is 0. The smallest absolute Gasteiger partial charge is 0.361 e. The van der Waals surface area contributed by atoms with Crippen LogP contribution in [0.5, 0.6) is 0 Å². The Labute approximate surface area is 406 Å². The standard InChI is InChI=1S/C58H87NO8/c1-6-8-10-12-14-16-18-20-22-24-26-27-28-29-31-33-35-37-39-41-43-45-47-49-56(61)67-54(53-66-58(57(62)63)64-51-50-59(3,4)5)52-65-55(60)48-46-44-42-40-38-36-34-32-30-25-23-21-19-17-15-13-11-9-7-2/h8-11,14-17,20-23,26-27,29-32,35-38,41-44,54,58H,6-7,12-13,18-19,24-25,28,33-34,39-40,45-53H2,1-5H3/p+1/b10-8-,11-9-,16-14-,17-15-,22-20-,23-21-,27-26-,31-29-,32-30-,37-35-,38-36-,43-41-,44-42-. The topological polar surface area (TPSA) is 108 Å². The van der Waals surface area contributed by atoms with E-state index in [1.807, 2.05) is 39.4 Å². The SMILES string of the molecule is CC/C=C\C/C=C\C/C=C\C/C=C\C/C=C\C/C=C\C/C=C\CCCC(=O)OC(COC(=O)CC/C=C\C/C=C\C/C=C\C/C=C\C/C=C\C/C=C\CC)COC(OCC[N+](C)(C)C)C(=O)O. The van der Waals surface area contributed by atoms with Crippen molar-refractivity contribution in [1.29, 1.82) is 0 Å². The summed E-state index contributed by atoms with van der Waals surface area (Å²) in [6.45, 7) is 4.44. The molecule has 0 radical (unpaired) electrons. The molecular formula is C58H88NO8+. The van der Waals surface area contributed by atoms with Crippen LogP contribution in [0, 0.1) is 0 Å². The summed E-state index contributed by atoms with van der Waals surface area (Å²) in [4.78, 5) is 37.2. The number of carboxylic acids is 1. The summed E-state index contributed by atoms with van der Waals surface area (Å²) < 4.78 is 22.6. The number of carbonyl (C=O) groups excluding carboxylic acids is 2. The van der Waals surface area contributed by atoms with Gasteiger partial charge >= 0.3 is 17.9 Å². The highest BCUT2D eigenvalue weighted by atomic mass is 16.7. The molecule has 372 valence electrons. The van der Waals surface area contributed by atoms with Gasteiger partial charge in [0.15, 0.2) is 6.10 Å². The Hall–Kier alpha value is -5.09. The number of allylic oxidation sites excluding steroid dienone is 26. The van der Waals surface area contributed by atoms with Gasteiger partial charge in [-0.15, -0.1) is 0 Å². The highest BCUT2D eigenvalue weighted by Gasteiger charge is 2.25. The molecule has 0 aromatic carbocycles. The number of rotatable bonds is 42. The summed E-state index contributed by atoms with van der Waals surface area (Å²) in [7, 11) is 5.90. The molecule has 0 aromatic rings. The lowest BCUT2D eigenvalue weighted by atomic mass is 10.2. The Morgan fingerprint density at radius 1 is 0.448 bits per heavy atom. The second-order valence-corrected chi connectivity index (χ2v) is 16.7. The maximum Gasteiger partial charge on any atom is 0.361 e. The number of unbranched alkanes of at least 4 members (excludes halogenated alkanes) is 1.